The van der Waals surface area contributed by atoms with Crippen molar-refractivity contribution in [2.75, 3.05) is 32.8 Å². The highest BCUT2D eigenvalue weighted by Gasteiger charge is 2.47. The van der Waals surface area contributed by atoms with Crippen LogP contribution in [0.25, 0.3) is 21.3 Å². The molecule has 474 valence electrons. The number of β-amino-alcohol motifs (C(OH)–C–C–N with tert-alkyl or cyclic N) is 1. The van der Waals surface area contributed by atoms with Gasteiger partial charge in [-0.25, -0.2) is 4.98 Å². The first-order valence-electron chi connectivity index (χ1n) is 29.7. The standard InChI is InChI=1S/C62H75N10O15PS/c1-33(2)55(61(80)71-29-45(74)27-50(71)59(78)65-35(4)39-12-14-40(15-13-39)56-36(5)64-32-89-56)52-28-54(69-87-52)85-24-8-10-38-9-7-11-51(34(38)3)86-31-43(17-21-53(63)75)66-58(77)49-20-18-44-22-23-70(37(6)73)30-48(60(79)72(44)49)68-57(76)47-26-42-25-41(16-19-46(42)67-47)62(81)88(82,83)84/h7,9,11-16,19,25-26,28,32-33,35,43-45,48-50,55,67,74H,8,10,17-18,20-24,27,29-31H2,1-6H3,(H2,63,75)(H,65,78)(H,66,77)(H,68,76)(H2,82,83,84)/t35-,43-,44+,45+,48-,49-,50-,55-/m0/s1. The number of aryl methyl sites for hydroxylation is 2. The fourth-order valence-corrected chi connectivity index (χ4v) is 13.2. The Morgan fingerprint density at radius 3 is 2.37 bits per heavy atom. The lowest BCUT2D eigenvalue weighted by atomic mass is 9.91. The second kappa shape index (κ2) is 28.0. The maximum Gasteiger partial charge on any atom is 0.396 e. The first-order valence-corrected chi connectivity index (χ1v) is 32.1. The van der Waals surface area contributed by atoms with E-state index in [1.807, 2.05) is 71.0 Å². The summed E-state index contributed by atoms with van der Waals surface area (Å²) in [6, 6.07) is 15.5. The predicted molar refractivity (Wildman–Crippen MR) is 326 cm³/mol. The molecule has 0 radical (unpaired) electrons. The zero-order valence-corrected chi connectivity index (χ0v) is 52.0. The van der Waals surface area contributed by atoms with Crippen molar-refractivity contribution in [3.8, 4) is 22.1 Å². The Bertz CT molecular complexity index is 3670. The van der Waals surface area contributed by atoms with Crippen LogP contribution in [0.5, 0.6) is 11.6 Å². The maximum absolute atomic E-state index is 14.6. The van der Waals surface area contributed by atoms with Crippen LogP contribution in [0, 0.1) is 19.8 Å². The molecule has 3 saturated heterocycles. The Hall–Kier alpha value is -8.29. The molecule has 0 unspecified atom stereocenters. The molecule has 7 amide bonds. The lowest BCUT2D eigenvalue weighted by Crippen LogP contribution is -2.61. The van der Waals surface area contributed by atoms with Gasteiger partial charge in [0.2, 0.25) is 35.4 Å². The Morgan fingerprint density at radius 1 is 0.921 bits per heavy atom. The van der Waals surface area contributed by atoms with Gasteiger partial charge >= 0.3 is 7.60 Å². The monoisotopic (exact) mass is 1260 g/mol. The first kappa shape index (κ1) is 65.2. The molecule has 3 fully saturated rings. The van der Waals surface area contributed by atoms with Crippen LogP contribution in [0.4, 0.5) is 0 Å². The van der Waals surface area contributed by atoms with Gasteiger partial charge in [0.1, 0.15) is 42.1 Å². The van der Waals surface area contributed by atoms with E-state index in [1.54, 1.807) is 29.0 Å². The minimum Gasteiger partial charge on any atom is -0.491 e. The van der Waals surface area contributed by atoms with Crippen LogP contribution >= 0.6 is 18.9 Å². The molecular weight excluding hydrogens is 1190 g/mol. The molecule has 6 heterocycles. The number of aliphatic hydroxyl groups excluding tert-OH is 1. The van der Waals surface area contributed by atoms with E-state index in [9.17, 15) is 57.8 Å². The fourth-order valence-electron chi connectivity index (χ4n) is 11.9. The average molecular weight is 1260 g/mol. The molecule has 3 aromatic heterocycles. The third-order valence-electron chi connectivity index (χ3n) is 16.8. The SMILES string of the molecule is CC(=O)N1CC[C@H]2CC[C@@H](C(=O)N[C@@H](CCC(N)=O)COc3cccc(CCCOc4cc([C@@H](C(=O)N5C[C@H](O)C[C@H]5C(=O)N[C@@H](C)c5ccc(-c6scnc6C)cc5)C(C)C)on4)c3C)N2C(=O)[C@@H](NC(=O)c2cc3cc(C(=O)P(=O)(O)O)ccc3[nH]2)C1. The summed E-state index contributed by atoms with van der Waals surface area (Å²) in [4.78, 5) is 140. The van der Waals surface area contributed by atoms with E-state index < -0.39 is 79.0 Å². The number of ether oxygens (including phenoxy) is 2. The van der Waals surface area contributed by atoms with Crippen molar-refractivity contribution >= 4 is 76.7 Å². The molecule has 27 heteroatoms. The quantitative estimate of drug-likeness (QED) is 0.0280. The van der Waals surface area contributed by atoms with Crippen LogP contribution in [0.1, 0.15) is 134 Å². The van der Waals surface area contributed by atoms with E-state index in [1.165, 1.54) is 45.9 Å². The van der Waals surface area contributed by atoms with Crippen molar-refractivity contribution in [1.82, 2.24) is 45.8 Å². The number of hydrogen-bond acceptors (Lipinski definition) is 16. The minimum atomic E-state index is -5.09. The molecule has 3 aromatic carbocycles. The molecule has 0 aliphatic carbocycles. The minimum absolute atomic E-state index is 0.0183. The number of amides is 7. The number of nitrogens with one attached hydrogen (secondary N) is 4. The van der Waals surface area contributed by atoms with Crippen molar-refractivity contribution in [3.63, 3.8) is 0 Å². The van der Waals surface area contributed by atoms with Crippen LogP contribution < -0.4 is 31.2 Å². The summed E-state index contributed by atoms with van der Waals surface area (Å²) in [6.07, 6.45) is 1.39. The number of rotatable bonds is 24. The number of likely N-dealkylation sites (tertiary alicyclic amines) is 1. The molecule has 3 aliphatic rings. The van der Waals surface area contributed by atoms with Crippen LogP contribution in [0.2, 0.25) is 0 Å². The van der Waals surface area contributed by atoms with Gasteiger partial charge in [0.05, 0.1) is 40.9 Å². The summed E-state index contributed by atoms with van der Waals surface area (Å²) in [6.45, 7) is 11.0. The fraction of sp³-hybridized carbons (Fsp3) is 0.452. The summed E-state index contributed by atoms with van der Waals surface area (Å²) in [5, 5.41) is 23.9. The number of carbonyl (C=O) groups is 8. The number of H-pyrrole nitrogens is 1. The van der Waals surface area contributed by atoms with Gasteiger partial charge in [-0.15, -0.1) is 11.3 Å². The normalized spacial score (nSPS) is 19.7. The number of aromatic amines is 1. The molecule has 6 aromatic rings. The van der Waals surface area contributed by atoms with Gasteiger partial charge in [0.15, 0.2) is 5.76 Å². The van der Waals surface area contributed by atoms with Crippen molar-refractivity contribution < 1.29 is 71.8 Å². The van der Waals surface area contributed by atoms with Crippen LogP contribution in [-0.2, 0) is 39.8 Å². The third-order valence-corrected chi connectivity index (χ3v) is 18.5. The number of primary amides is 1. The van der Waals surface area contributed by atoms with E-state index in [-0.39, 0.29) is 111 Å². The molecule has 3 aliphatic heterocycles. The van der Waals surface area contributed by atoms with E-state index >= 15 is 0 Å². The molecular formula is C62H75N10O15PS. The molecule has 25 nitrogen and oxygen atoms in total. The van der Waals surface area contributed by atoms with E-state index in [2.05, 4.69) is 31.1 Å². The highest BCUT2D eigenvalue weighted by Crippen LogP contribution is 2.40. The van der Waals surface area contributed by atoms with Crippen LogP contribution in [-0.4, -0.2) is 161 Å². The molecule has 9 rings (SSSR count). The summed E-state index contributed by atoms with van der Waals surface area (Å²) >= 11 is 1.56. The third kappa shape index (κ3) is 15.4. The highest BCUT2D eigenvalue weighted by atomic mass is 32.1. The number of nitrogens with zero attached hydrogens (tertiary/aromatic N) is 5. The first-order chi connectivity index (χ1) is 42.3. The smallest absolute Gasteiger partial charge is 0.396 e. The predicted octanol–water partition coefficient (Wildman–Crippen LogP) is 5.34. The number of hydrogen-bond donors (Lipinski definition) is 8. The van der Waals surface area contributed by atoms with Gasteiger partial charge in [-0.2, -0.15) is 0 Å². The molecule has 0 saturated carbocycles. The lowest BCUT2D eigenvalue weighted by Gasteiger charge is -2.38. The number of thiazole rings is 1. The summed E-state index contributed by atoms with van der Waals surface area (Å²) in [5.74, 6) is -3.65. The number of nitrogens with two attached hydrogens (primary N) is 1. The number of benzene rings is 3. The van der Waals surface area contributed by atoms with Crippen molar-refractivity contribution in [3.05, 3.63) is 118 Å². The van der Waals surface area contributed by atoms with Crippen molar-refractivity contribution in [1.29, 1.82) is 0 Å². The molecule has 89 heavy (non-hydrogen) atoms. The number of aliphatic hydroxyl groups is 1. The van der Waals surface area contributed by atoms with Gasteiger partial charge in [-0.1, -0.05) is 50.2 Å². The van der Waals surface area contributed by atoms with E-state index in [0.717, 1.165) is 32.8 Å². The number of fused-ring (bicyclic) bond motifs is 2. The lowest BCUT2D eigenvalue weighted by molar-refractivity contribution is -0.145. The molecule has 0 spiro atoms. The summed E-state index contributed by atoms with van der Waals surface area (Å²) < 4.78 is 29.7. The average Bonchev–Trinajstić information content (AvgIpc) is 2.20. The van der Waals surface area contributed by atoms with Gasteiger partial charge < -0.3 is 70.3 Å². The Labute approximate surface area is 517 Å². The largest absolute Gasteiger partial charge is 0.491 e. The maximum atomic E-state index is 14.6. The summed E-state index contributed by atoms with van der Waals surface area (Å²) in [5.41, 5.74) is 10.7. The van der Waals surface area contributed by atoms with Gasteiger partial charge in [0, 0.05) is 68.0 Å². The van der Waals surface area contributed by atoms with E-state index in [0.29, 0.717) is 42.3 Å². The molecule has 9 N–H and O–H groups in total. The van der Waals surface area contributed by atoms with Crippen molar-refractivity contribution in [2.24, 2.45) is 11.7 Å². The topological polar surface area (TPSA) is 359 Å². The van der Waals surface area contributed by atoms with Crippen LogP contribution in [0.3, 0.4) is 0 Å². The second-order valence-electron chi connectivity index (χ2n) is 23.4. The number of aromatic nitrogens is 3. The Balaban J connectivity index is 0.788. The zero-order chi connectivity index (χ0) is 64.0. The Morgan fingerprint density at radius 2 is 1.67 bits per heavy atom. The van der Waals surface area contributed by atoms with E-state index in [4.69, 9.17) is 19.7 Å². The van der Waals surface area contributed by atoms with Gasteiger partial charge in [-0.05, 0) is 123 Å². The highest BCUT2D eigenvalue weighted by molar-refractivity contribution is 7.70. The molecule has 8 atom stereocenters. The second-order valence-corrected chi connectivity index (χ2v) is 25.8. The van der Waals surface area contributed by atoms with Gasteiger partial charge in [-0.3, -0.25) is 42.9 Å². The summed E-state index contributed by atoms with van der Waals surface area (Å²) in [7, 11) is -5.09. The molecule has 0 bridgehead atoms. The number of carbonyl (C=O) groups excluding carboxylic acids is 8. The Kier molecular flexibility index (Phi) is 20.5. The zero-order valence-electron chi connectivity index (χ0n) is 50.3. The van der Waals surface area contributed by atoms with Gasteiger partial charge in [0.25, 0.3) is 17.3 Å². The van der Waals surface area contributed by atoms with Crippen LogP contribution in [0.15, 0.2) is 82.8 Å². The van der Waals surface area contributed by atoms with Crippen molar-refractivity contribution in [2.45, 2.75) is 141 Å².